The Morgan fingerprint density at radius 2 is 1.53 bits per heavy atom. The zero-order valence-electron chi connectivity index (χ0n) is 11.8. The Morgan fingerprint density at radius 1 is 1.12 bits per heavy atom. The van der Waals surface area contributed by atoms with Crippen molar-refractivity contribution in [3.63, 3.8) is 0 Å². The molecule has 0 unspecified atom stereocenters. The molecule has 0 rings (SSSR count). The smallest absolute Gasteiger partial charge is 0.852 e. The molecule has 0 radical (unpaired) electrons. The van der Waals surface area contributed by atoms with Crippen LogP contribution in [0.25, 0.3) is 0 Å². The molecule has 0 fully saturated rings. The normalized spacial score (nSPS) is 10.3. The molecule has 0 aromatic heterocycles. The molecule has 0 heterocycles. The average Bonchev–Trinajstić information content (AvgIpc) is 1.99. The minimum Gasteiger partial charge on any atom is -0.852 e. The Morgan fingerprint density at radius 3 is 1.82 bits per heavy atom. The van der Waals surface area contributed by atoms with Crippen molar-refractivity contribution in [1.29, 1.82) is 0 Å². The first kappa shape index (κ1) is 22.3. The molecule has 0 aliphatic rings. The van der Waals surface area contributed by atoms with Crippen LogP contribution in [0, 0.1) is 5.41 Å². The van der Waals surface area contributed by atoms with Crippen LogP contribution in [0.1, 0.15) is 66.7 Å². The first-order chi connectivity index (χ1) is 7.15. The molecule has 0 saturated heterocycles. The Kier molecular flexibility index (Phi) is 16.6. The third-order valence-electron chi connectivity index (χ3n) is 1.81. The van der Waals surface area contributed by atoms with Crippen molar-refractivity contribution >= 4 is 5.97 Å². The van der Waals surface area contributed by atoms with Crippen LogP contribution >= 0.6 is 0 Å². The largest absolute Gasteiger partial charge is 2.00 e. The van der Waals surface area contributed by atoms with E-state index in [1.165, 1.54) is 6.42 Å². The van der Waals surface area contributed by atoms with E-state index >= 15 is 0 Å². The molecule has 0 saturated carbocycles. The topological polar surface area (TPSA) is 63.2 Å². The average molecular weight is 278 g/mol. The summed E-state index contributed by atoms with van der Waals surface area (Å²) in [7, 11) is 0. The van der Waals surface area contributed by atoms with Gasteiger partial charge >= 0.3 is 21.7 Å². The molecule has 0 aliphatic carbocycles. The maximum absolute atomic E-state index is 10.0. The summed E-state index contributed by atoms with van der Waals surface area (Å²) in [5.74, 6) is -0.925. The predicted octanol–water partition coefficient (Wildman–Crippen LogP) is 1.49. The molecular formula is C13H26O3Ti. The Hall–Kier alpha value is 0.144. The molecule has 0 N–H and O–H groups in total. The summed E-state index contributed by atoms with van der Waals surface area (Å²) in [6.07, 6.45) is 3.85. The molecule has 0 spiro atoms. The van der Waals surface area contributed by atoms with Gasteiger partial charge in [-0.2, -0.15) is 0 Å². The van der Waals surface area contributed by atoms with Gasteiger partial charge in [-0.05, 0) is 24.7 Å². The second-order valence-corrected chi connectivity index (χ2v) is 5.54. The number of unbranched alkanes of at least 4 members (excludes halogenated alkanes) is 2. The minimum atomic E-state index is -0.925. The van der Waals surface area contributed by atoms with Crippen molar-refractivity contribution < 1.29 is 36.7 Å². The van der Waals surface area contributed by atoms with Gasteiger partial charge in [0.1, 0.15) is 0 Å². The van der Waals surface area contributed by atoms with E-state index in [0.29, 0.717) is 5.41 Å². The third kappa shape index (κ3) is 38.6. The van der Waals surface area contributed by atoms with Gasteiger partial charge in [-0.1, -0.05) is 47.5 Å². The van der Waals surface area contributed by atoms with E-state index in [-0.39, 0.29) is 28.1 Å². The second-order valence-electron chi connectivity index (χ2n) is 5.54. The Labute approximate surface area is 121 Å². The van der Waals surface area contributed by atoms with Crippen molar-refractivity contribution in [2.24, 2.45) is 5.41 Å². The van der Waals surface area contributed by atoms with E-state index in [9.17, 15) is 15.0 Å². The van der Waals surface area contributed by atoms with Crippen LogP contribution in [0.5, 0.6) is 0 Å². The number of carbonyl (C=O) groups excluding carboxylic acids is 1. The number of carboxylic acid groups (broad SMARTS) is 1. The van der Waals surface area contributed by atoms with Gasteiger partial charge in [0.25, 0.3) is 0 Å². The third-order valence-corrected chi connectivity index (χ3v) is 1.81. The van der Waals surface area contributed by atoms with E-state index in [1.807, 2.05) is 0 Å². The van der Waals surface area contributed by atoms with E-state index in [0.717, 1.165) is 19.3 Å². The van der Waals surface area contributed by atoms with Crippen LogP contribution < -0.4 is 10.2 Å². The van der Waals surface area contributed by atoms with Gasteiger partial charge in [-0.3, -0.25) is 0 Å². The molecule has 0 amide bonds. The van der Waals surface area contributed by atoms with Crippen LogP contribution in [-0.2, 0) is 26.5 Å². The molecule has 0 aromatic carbocycles. The van der Waals surface area contributed by atoms with Gasteiger partial charge in [0.05, 0.1) is 0 Å². The number of aliphatic carboxylic acids is 1. The number of hydrogen-bond acceptors (Lipinski definition) is 3. The van der Waals surface area contributed by atoms with Crippen LogP contribution in [0.3, 0.4) is 0 Å². The SMILES string of the molecule is CC(C)(C)CCCCCC(=O)[O-].CC(C)[O-].[Ti+2]. The molecular weight excluding hydrogens is 252 g/mol. The van der Waals surface area contributed by atoms with Gasteiger partial charge in [-0.25, -0.2) is 0 Å². The summed E-state index contributed by atoms with van der Waals surface area (Å²) in [5, 5.41) is 19.6. The number of hydrogen-bond donors (Lipinski definition) is 0. The van der Waals surface area contributed by atoms with Gasteiger partial charge in [0.2, 0.25) is 0 Å². The maximum atomic E-state index is 10.0. The van der Waals surface area contributed by atoms with Gasteiger partial charge < -0.3 is 15.0 Å². The quantitative estimate of drug-likeness (QED) is 0.565. The molecule has 3 nitrogen and oxygen atoms in total. The van der Waals surface area contributed by atoms with Crippen LogP contribution in [0.4, 0.5) is 0 Å². The molecule has 0 atom stereocenters. The summed E-state index contributed by atoms with van der Waals surface area (Å²) in [5.41, 5.74) is 0.376. The number of rotatable bonds is 5. The summed E-state index contributed by atoms with van der Waals surface area (Å²) in [6.45, 7) is 9.82. The van der Waals surface area contributed by atoms with Crippen LogP contribution in [0.2, 0.25) is 0 Å². The van der Waals surface area contributed by atoms with E-state index in [1.54, 1.807) is 13.8 Å². The van der Waals surface area contributed by atoms with Crippen LogP contribution in [0.15, 0.2) is 0 Å². The van der Waals surface area contributed by atoms with Crippen molar-refractivity contribution in [2.75, 3.05) is 0 Å². The molecule has 0 aliphatic heterocycles. The summed E-state index contributed by atoms with van der Waals surface area (Å²) in [6, 6.07) is 0. The fourth-order valence-corrected chi connectivity index (χ4v) is 1.10. The molecule has 100 valence electrons. The summed E-state index contributed by atoms with van der Waals surface area (Å²) >= 11 is 0. The first-order valence-corrected chi connectivity index (χ1v) is 6.01. The molecule has 0 bridgehead atoms. The Balaban J connectivity index is -0.000000340. The van der Waals surface area contributed by atoms with E-state index in [2.05, 4.69) is 20.8 Å². The first-order valence-electron chi connectivity index (χ1n) is 6.01. The van der Waals surface area contributed by atoms with E-state index < -0.39 is 12.1 Å². The van der Waals surface area contributed by atoms with Crippen molar-refractivity contribution in [1.82, 2.24) is 0 Å². The van der Waals surface area contributed by atoms with Crippen molar-refractivity contribution in [2.45, 2.75) is 72.8 Å². The number of carbonyl (C=O) groups is 1. The molecule has 4 heteroatoms. The van der Waals surface area contributed by atoms with Crippen LogP contribution in [-0.4, -0.2) is 12.1 Å². The molecule has 17 heavy (non-hydrogen) atoms. The second kappa shape index (κ2) is 12.6. The van der Waals surface area contributed by atoms with E-state index in [4.69, 9.17) is 0 Å². The zero-order valence-corrected chi connectivity index (χ0v) is 13.4. The van der Waals surface area contributed by atoms with Gasteiger partial charge in [0.15, 0.2) is 0 Å². The zero-order chi connectivity index (χ0) is 13.2. The molecule has 0 aromatic rings. The summed E-state index contributed by atoms with van der Waals surface area (Å²) < 4.78 is 0. The Bertz CT molecular complexity index is 171. The monoisotopic (exact) mass is 278 g/mol. The fourth-order valence-electron chi connectivity index (χ4n) is 1.10. The summed E-state index contributed by atoms with van der Waals surface area (Å²) in [4.78, 5) is 10.0. The maximum Gasteiger partial charge on any atom is 2.00 e. The predicted molar refractivity (Wildman–Crippen MR) is 62.7 cm³/mol. The van der Waals surface area contributed by atoms with Gasteiger partial charge in [0, 0.05) is 5.97 Å². The van der Waals surface area contributed by atoms with Crippen molar-refractivity contribution in [3.05, 3.63) is 0 Å². The van der Waals surface area contributed by atoms with Crippen molar-refractivity contribution in [3.8, 4) is 0 Å². The standard InChI is InChI=1S/C10H20O2.C3H7O.Ti/c1-10(2,3)8-6-4-5-7-9(11)12;1-3(2)4;/h4-8H2,1-3H3,(H,11,12);3H,1-2H3;/q;-1;+2/p-1. The fraction of sp³-hybridized carbons (Fsp3) is 0.923. The number of carboxylic acids is 1. The minimum absolute atomic E-state index is 0. The van der Waals surface area contributed by atoms with Gasteiger partial charge in [-0.15, -0.1) is 6.10 Å².